The summed E-state index contributed by atoms with van der Waals surface area (Å²) in [6.07, 6.45) is 6.47. The Kier molecular flexibility index (Phi) is 3.01. The molecule has 0 aromatic carbocycles. The zero-order valence-corrected chi connectivity index (χ0v) is 9.39. The fourth-order valence-electron chi connectivity index (χ4n) is 2.94. The first-order chi connectivity index (χ1) is 6.65. The van der Waals surface area contributed by atoms with E-state index in [-0.39, 0.29) is 5.91 Å². The van der Waals surface area contributed by atoms with Crippen molar-refractivity contribution < 1.29 is 4.79 Å². The van der Waals surface area contributed by atoms with Crippen molar-refractivity contribution >= 4 is 17.5 Å². The number of rotatable bonds is 2. The summed E-state index contributed by atoms with van der Waals surface area (Å²) in [4.78, 5) is 11.4. The lowest BCUT2D eigenvalue weighted by molar-refractivity contribution is -0.121. The normalized spacial score (nSPS) is 38.0. The van der Waals surface area contributed by atoms with Crippen LogP contribution in [-0.4, -0.2) is 17.3 Å². The molecule has 80 valence electrons. The van der Waals surface area contributed by atoms with E-state index < -0.39 is 5.38 Å². The molecular weight excluding hydrogens is 198 g/mol. The Labute approximate surface area is 90.4 Å². The number of fused-ring (bicyclic) bond motifs is 2. The van der Waals surface area contributed by atoms with E-state index in [1.165, 1.54) is 32.1 Å². The molecular formula is C11H18ClNO. The molecule has 0 spiro atoms. The van der Waals surface area contributed by atoms with E-state index in [0.29, 0.717) is 6.04 Å². The monoisotopic (exact) mass is 215 g/mol. The van der Waals surface area contributed by atoms with Crippen LogP contribution in [-0.2, 0) is 4.79 Å². The summed E-state index contributed by atoms with van der Waals surface area (Å²) >= 11 is 5.72. The molecule has 0 radical (unpaired) electrons. The number of carbonyl (C=O) groups is 1. The molecule has 3 unspecified atom stereocenters. The largest absolute Gasteiger partial charge is 0.352 e. The second-order valence-corrected chi connectivity index (χ2v) is 5.49. The van der Waals surface area contributed by atoms with Crippen molar-refractivity contribution in [3.05, 3.63) is 0 Å². The summed E-state index contributed by atoms with van der Waals surface area (Å²) in [6.45, 7) is 1.73. The minimum absolute atomic E-state index is 0.00188. The van der Waals surface area contributed by atoms with E-state index >= 15 is 0 Å². The number of nitrogens with one attached hydrogen (secondary N) is 1. The van der Waals surface area contributed by atoms with Gasteiger partial charge in [-0.1, -0.05) is 12.8 Å². The fourth-order valence-corrected chi connectivity index (χ4v) is 3.00. The summed E-state index contributed by atoms with van der Waals surface area (Å²) in [5, 5.41) is 2.65. The summed E-state index contributed by atoms with van der Waals surface area (Å²) in [7, 11) is 0. The third-order valence-corrected chi connectivity index (χ3v) is 3.79. The van der Waals surface area contributed by atoms with Crippen molar-refractivity contribution in [2.75, 3.05) is 0 Å². The van der Waals surface area contributed by atoms with Crippen LogP contribution in [0.15, 0.2) is 0 Å². The van der Waals surface area contributed by atoms with Crippen molar-refractivity contribution in [2.24, 2.45) is 11.8 Å². The smallest absolute Gasteiger partial charge is 0.237 e. The third kappa shape index (κ3) is 2.22. The number of carbonyl (C=O) groups excluding carboxylic acids is 1. The van der Waals surface area contributed by atoms with E-state index in [2.05, 4.69) is 5.32 Å². The third-order valence-electron chi connectivity index (χ3n) is 3.59. The Balaban J connectivity index is 1.85. The topological polar surface area (TPSA) is 29.1 Å². The van der Waals surface area contributed by atoms with Crippen LogP contribution in [0.3, 0.4) is 0 Å². The number of amides is 1. The lowest BCUT2D eigenvalue weighted by Gasteiger charge is -2.28. The van der Waals surface area contributed by atoms with Crippen molar-refractivity contribution in [1.82, 2.24) is 5.32 Å². The van der Waals surface area contributed by atoms with Crippen LogP contribution in [0, 0.1) is 11.8 Å². The molecule has 0 saturated heterocycles. The van der Waals surface area contributed by atoms with Gasteiger partial charge in [-0.05, 0) is 38.0 Å². The molecule has 1 N–H and O–H groups in total. The maximum absolute atomic E-state index is 11.4. The van der Waals surface area contributed by atoms with Crippen LogP contribution in [0.4, 0.5) is 0 Å². The minimum atomic E-state index is -0.394. The molecule has 2 saturated carbocycles. The zero-order chi connectivity index (χ0) is 10.1. The van der Waals surface area contributed by atoms with E-state index in [9.17, 15) is 4.79 Å². The van der Waals surface area contributed by atoms with Gasteiger partial charge in [-0.15, -0.1) is 11.6 Å². The SMILES string of the molecule is CC(Cl)C(=O)NC1CC2CCC(C2)C1. The molecule has 3 heteroatoms. The molecule has 0 aliphatic heterocycles. The van der Waals surface area contributed by atoms with Gasteiger partial charge in [0.15, 0.2) is 0 Å². The highest BCUT2D eigenvalue weighted by molar-refractivity contribution is 6.30. The number of hydrogen-bond acceptors (Lipinski definition) is 1. The molecule has 3 atom stereocenters. The first-order valence-corrected chi connectivity index (χ1v) is 6.03. The number of hydrogen-bond donors (Lipinski definition) is 1. The highest BCUT2D eigenvalue weighted by Gasteiger charge is 2.34. The van der Waals surface area contributed by atoms with E-state index in [1.807, 2.05) is 0 Å². The Morgan fingerprint density at radius 1 is 1.29 bits per heavy atom. The average molecular weight is 216 g/mol. The molecule has 0 heterocycles. The summed E-state index contributed by atoms with van der Waals surface area (Å²) < 4.78 is 0. The number of halogens is 1. The van der Waals surface area contributed by atoms with E-state index in [1.54, 1.807) is 6.92 Å². The standard InChI is InChI=1S/C11H18ClNO/c1-7(12)11(14)13-10-5-8-2-3-9(4-8)6-10/h7-10H,2-6H2,1H3,(H,13,14). The van der Waals surface area contributed by atoms with Gasteiger partial charge in [0.2, 0.25) is 5.91 Å². The Hall–Kier alpha value is -0.240. The van der Waals surface area contributed by atoms with Gasteiger partial charge in [-0.3, -0.25) is 4.79 Å². The van der Waals surface area contributed by atoms with Gasteiger partial charge in [-0.2, -0.15) is 0 Å². The van der Waals surface area contributed by atoms with Gasteiger partial charge in [0.25, 0.3) is 0 Å². The zero-order valence-electron chi connectivity index (χ0n) is 8.63. The van der Waals surface area contributed by atoms with Gasteiger partial charge in [0.1, 0.15) is 5.38 Å². The maximum atomic E-state index is 11.4. The predicted molar refractivity (Wildman–Crippen MR) is 57.3 cm³/mol. The molecule has 0 aromatic rings. The Bertz CT molecular complexity index is 217. The summed E-state index contributed by atoms with van der Waals surface area (Å²) in [5.74, 6) is 1.73. The molecule has 2 aliphatic rings. The van der Waals surface area contributed by atoms with Gasteiger partial charge >= 0.3 is 0 Å². The average Bonchev–Trinajstić information content (AvgIpc) is 2.45. The van der Waals surface area contributed by atoms with Gasteiger partial charge in [-0.25, -0.2) is 0 Å². The number of alkyl halides is 1. The molecule has 14 heavy (non-hydrogen) atoms. The van der Waals surface area contributed by atoms with Crippen LogP contribution in [0.2, 0.25) is 0 Å². The second-order valence-electron chi connectivity index (χ2n) is 4.84. The van der Waals surface area contributed by atoms with Crippen LogP contribution in [0.1, 0.15) is 39.0 Å². The highest BCUT2D eigenvalue weighted by atomic mass is 35.5. The predicted octanol–water partition coefficient (Wildman–Crippen LogP) is 2.31. The summed E-state index contributed by atoms with van der Waals surface area (Å²) in [6, 6.07) is 0.398. The Morgan fingerprint density at radius 2 is 1.86 bits per heavy atom. The quantitative estimate of drug-likeness (QED) is 0.704. The maximum Gasteiger partial charge on any atom is 0.237 e. The van der Waals surface area contributed by atoms with Crippen molar-refractivity contribution in [2.45, 2.75) is 50.4 Å². The molecule has 0 aromatic heterocycles. The fraction of sp³-hybridized carbons (Fsp3) is 0.909. The highest BCUT2D eigenvalue weighted by Crippen LogP contribution is 2.41. The Morgan fingerprint density at radius 3 is 2.36 bits per heavy atom. The van der Waals surface area contributed by atoms with Crippen molar-refractivity contribution in [1.29, 1.82) is 0 Å². The summed E-state index contributed by atoms with van der Waals surface area (Å²) in [5.41, 5.74) is 0. The van der Waals surface area contributed by atoms with Crippen molar-refractivity contribution in [3.8, 4) is 0 Å². The van der Waals surface area contributed by atoms with Crippen LogP contribution >= 0.6 is 11.6 Å². The molecule has 2 nitrogen and oxygen atoms in total. The van der Waals surface area contributed by atoms with Crippen LogP contribution in [0.5, 0.6) is 0 Å². The van der Waals surface area contributed by atoms with Gasteiger partial charge in [0, 0.05) is 6.04 Å². The first-order valence-electron chi connectivity index (χ1n) is 5.59. The van der Waals surface area contributed by atoms with Crippen LogP contribution < -0.4 is 5.32 Å². The lowest BCUT2D eigenvalue weighted by Crippen LogP contribution is -2.41. The molecule has 1 amide bonds. The first kappa shape index (κ1) is 10.3. The van der Waals surface area contributed by atoms with Gasteiger partial charge < -0.3 is 5.32 Å². The molecule has 2 rings (SSSR count). The lowest BCUT2D eigenvalue weighted by atomic mass is 9.85. The molecule has 2 bridgehead atoms. The van der Waals surface area contributed by atoms with Crippen molar-refractivity contribution in [3.63, 3.8) is 0 Å². The molecule has 2 fully saturated rings. The minimum Gasteiger partial charge on any atom is -0.352 e. The second kappa shape index (κ2) is 4.09. The van der Waals surface area contributed by atoms with E-state index in [4.69, 9.17) is 11.6 Å². The molecule has 2 aliphatic carbocycles. The van der Waals surface area contributed by atoms with Gasteiger partial charge in [0.05, 0.1) is 0 Å². The van der Waals surface area contributed by atoms with Crippen LogP contribution in [0.25, 0.3) is 0 Å². The van der Waals surface area contributed by atoms with E-state index in [0.717, 1.165) is 11.8 Å².